The molecule has 1 aromatic carbocycles. The second-order valence-electron chi connectivity index (χ2n) is 7.23. The molecule has 1 aromatic heterocycles. The van der Waals surface area contributed by atoms with E-state index in [4.69, 9.17) is 11.6 Å². The molecule has 30 heavy (non-hydrogen) atoms. The zero-order chi connectivity index (χ0) is 21.5. The maximum absolute atomic E-state index is 12.0. The van der Waals surface area contributed by atoms with Crippen molar-refractivity contribution >= 4 is 62.4 Å². The molecule has 8 nitrogen and oxygen atoms in total. The standard InChI is InChI=1S/C18H22ClN3O5S3/c19-17-15(21-10-16(23)20-30(21,26)27)11-28-18(17)12-5-4-8-14(9-12)22(29(24)25)13-6-2-1-3-7-13/h4-5,8-9,11,13,26-27H,1-3,6-7,10H2,(H,20,23)(H,24,25)/p-1. The van der Waals surface area contributed by atoms with Gasteiger partial charge in [0, 0.05) is 28.4 Å². The summed E-state index contributed by atoms with van der Waals surface area (Å²) in [6, 6.07) is 7.07. The van der Waals surface area contributed by atoms with Crippen LogP contribution in [0.25, 0.3) is 10.4 Å². The van der Waals surface area contributed by atoms with Gasteiger partial charge in [0.25, 0.3) is 5.91 Å². The predicted octanol–water partition coefficient (Wildman–Crippen LogP) is 4.52. The lowest BCUT2D eigenvalue weighted by Crippen LogP contribution is -2.38. The van der Waals surface area contributed by atoms with Gasteiger partial charge in [-0.25, -0.2) is 9.03 Å². The highest BCUT2D eigenvalue weighted by molar-refractivity contribution is 8.24. The van der Waals surface area contributed by atoms with Crippen LogP contribution in [0.1, 0.15) is 32.1 Å². The van der Waals surface area contributed by atoms with Gasteiger partial charge in [0.1, 0.15) is 6.54 Å². The Morgan fingerprint density at radius 2 is 2.03 bits per heavy atom. The molecule has 1 saturated heterocycles. The summed E-state index contributed by atoms with van der Waals surface area (Å²) in [5.41, 5.74) is 1.63. The summed E-state index contributed by atoms with van der Waals surface area (Å²) in [5.74, 6) is -0.498. The number of carbonyl (C=O) groups excluding carboxylic acids is 1. The Balaban J connectivity index is 1.67. The van der Waals surface area contributed by atoms with E-state index in [-0.39, 0.29) is 17.6 Å². The minimum Gasteiger partial charge on any atom is -0.755 e. The molecule has 2 fully saturated rings. The number of hydrogen-bond acceptors (Lipinski definition) is 7. The molecule has 3 N–H and O–H groups in total. The first kappa shape index (κ1) is 21.9. The van der Waals surface area contributed by atoms with Crippen molar-refractivity contribution in [3.05, 3.63) is 34.7 Å². The second-order valence-corrected chi connectivity index (χ2v) is 11.0. The zero-order valence-corrected chi connectivity index (χ0v) is 19.0. The first-order chi connectivity index (χ1) is 14.3. The van der Waals surface area contributed by atoms with Crippen LogP contribution in [-0.2, 0) is 16.1 Å². The molecular weight excluding hydrogens is 470 g/mol. The van der Waals surface area contributed by atoms with E-state index in [0.29, 0.717) is 16.3 Å². The normalized spacial score (nSPS) is 21.3. The third-order valence-corrected chi connectivity index (χ3v) is 9.04. The maximum Gasteiger partial charge on any atom is 0.260 e. The van der Waals surface area contributed by atoms with Crippen LogP contribution in [0.2, 0.25) is 5.02 Å². The molecule has 2 aliphatic rings. The Morgan fingerprint density at radius 3 is 2.67 bits per heavy atom. The van der Waals surface area contributed by atoms with Crippen LogP contribution in [0.4, 0.5) is 11.4 Å². The van der Waals surface area contributed by atoms with Crippen molar-refractivity contribution in [3.8, 4) is 10.4 Å². The van der Waals surface area contributed by atoms with E-state index >= 15 is 0 Å². The van der Waals surface area contributed by atoms with E-state index in [0.717, 1.165) is 42.0 Å². The highest BCUT2D eigenvalue weighted by Crippen LogP contribution is 2.52. The van der Waals surface area contributed by atoms with Crippen molar-refractivity contribution in [1.29, 1.82) is 0 Å². The van der Waals surface area contributed by atoms with E-state index in [1.54, 1.807) is 23.6 Å². The Bertz CT molecular complexity index is 980. The fraction of sp³-hybridized carbons (Fsp3) is 0.389. The molecule has 1 saturated carbocycles. The minimum atomic E-state index is -3.46. The number of thiophene rings is 1. The molecule has 0 spiro atoms. The Morgan fingerprint density at radius 1 is 1.30 bits per heavy atom. The number of anilines is 2. The maximum atomic E-state index is 12.0. The van der Waals surface area contributed by atoms with Crippen LogP contribution in [-0.4, -0.2) is 36.4 Å². The number of nitrogens with one attached hydrogen (secondary N) is 1. The van der Waals surface area contributed by atoms with Gasteiger partial charge in [0.15, 0.2) is 0 Å². The summed E-state index contributed by atoms with van der Waals surface area (Å²) in [5, 5.41) is 1.94. The lowest BCUT2D eigenvalue weighted by Gasteiger charge is -2.37. The highest BCUT2D eigenvalue weighted by atomic mass is 35.5. The quantitative estimate of drug-likeness (QED) is 0.530. The molecule has 0 radical (unpaired) electrons. The van der Waals surface area contributed by atoms with Crippen molar-refractivity contribution in [1.82, 2.24) is 4.72 Å². The molecule has 4 rings (SSSR count). The van der Waals surface area contributed by atoms with Gasteiger partial charge in [-0.3, -0.25) is 22.4 Å². The molecule has 0 bridgehead atoms. The minimum absolute atomic E-state index is 0.0589. The summed E-state index contributed by atoms with van der Waals surface area (Å²) in [4.78, 5) is 12.3. The van der Waals surface area contributed by atoms with Gasteiger partial charge >= 0.3 is 0 Å². The predicted molar refractivity (Wildman–Crippen MR) is 121 cm³/mol. The fourth-order valence-electron chi connectivity index (χ4n) is 3.90. The van der Waals surface area contributed by atoms with Crippen molar-refractivity contribution in [2.45, 2.75) is 38.1 Å². The first-order valence-corrected chi connectivity index (χ1v) is 13.2. The molecule has 1 aliphatic carbocycles. The van der Waals surface area contributed by atoms with Gasteiger partial charge in [-0.05, 0) is 41.5 Å². The Hall–Kier alpha value is -1.34. The van der Waals surface area contributed by atoms with Gasteiger partial charge < -0.3 is 4.55 Å². The summed E-state index contributed by atoms with van der Waals surface area (Å²) in [6.07, 6.45) is 4.79. The zero-order valence-electron chi connectivity index (χ0n) is 15.8. The number of halogens is 1. The van der Waals surface area contributed by atoms with Crippen LogP contribution >= 0.6 is 33.9 Å². The van der Waals surface area contributed by atoms with Crippen LogP contribution in [0, 0.1) is 0 Å². The Labute approximate surface area is 187 Å². The van der Waals surface area contributed by atoms with Crippen molar-refractivity contribution < 1.29 is 22.7 Å². The molecule has 164 valence electrons. The number of rotatable bonds is 5. The van der Waals surface area contributed by atoms with Crippen molar-refractivity contribution in [2.24, 2.45) is 0 Å². The van der Waals surface area contributed by atoms with Crippen molar-refractivity contribution in [3.63, 3.8) is 0 Å². The molecule has 1 amide bonds. The molecule has 2 aromatic rings. The summed E-state index contributed by atoms with van der Waals surface area (Å²) in [6.45, 7) is -0.205. The monoisotopic (exact) mass is 490 g/mol. The summed E-state index contributed by atoms with van der Waals surface area (Å²) in [7, 11) is -3.46. The second kappa shape index (κ2) is 8.65. The summed E-state index contributed by atoms with van der Waals surface area (Å²) >= 11 is 5.43. The van der Waals surface area contributed by atoms with Crippen molar-refractivity contribution in [2.75, 3.05) is 15.2 Å². The van der Waals surface area contributed by atoms with Gasteiger partial charge in [-0.1, -0.05) is 43.0 Å². The molecule has 12 heteroatoms. The molecule has 1 unspecified atom stereocenters. The average Bonchev–Trinajstić information content (AvgIpc) is 3.20. The number of amides is 1. The van der Waals surface area contributed by atoms with E-state index in [1.807, 2.05) is 6.07 Å². The van der Waals surface area contributed by atoms with E-state index in [2.05, 4.69) is 4.72 Å². The lowest BCUT2D eigenvalue weighted by molar-refractivity contribution is -0.117. The first-order valence-electron chi connectivity index (χ1n) is 9.40. The topological polar surface area (TPSA) is 116 Å². The molecule has 1 aliphatic heterocycles. The number of benzene rings is 1. The van der Waals surface area contributed by atoms with E-state index in [1.165, 1.54) is 15.6 Å². The number of nitrogens with zero attached hydrogens (tertiary/aromatic N) is 2. The number of carbonyl (C=O) groups is 1. The lowest BCUT2D eigenvalue weighted by atomic mass is 9.95. The largest absolute Gasteiger partial charge is 0.755 e. The van der Waals surface area contributed by atoms with Gasteiger partial charge in [0.2, 0.25) is 0 Å². The molecule has 1 atom stereocenters. The Kier molecular flexibility index (Phi) is 6.31. The molecular formula is C18H21ClN3O5S3-. The van der Waals surface area contributed by atoms with Crippen LogP contribution in [0.3, 0.4) is 0 Å². The van der Waals surface area contributed by atoms with Gasteiger partial charge in [-0.15, -0.1) is 11.3 Å². The number of hydrogen-bond donors (Lipinski definition) is 3. The SMILES string of the molecule is O=C1CN(c2csc(-c3cccc(N(C4CCCCC4)S(=O)[O-])c3)c2Cl)S(O)(O)N1. The smallest absolute Gasteiger partial charge is 0.260 e. The third-order valence-electron chi connectivity index (χ3n) is 5.26. The molecule has 2 heterocycles. The van der Waals surface area contributed by atoms with Crippen LogP contribution < -0.4 is 13.3 Å². The average molecular weight is 491 g/mol. The van der Waals surface area contributed by atoms with E-state index in [9.17, 15) is 22.7 Å². The van der Waals surface area contributed by atoms with Gasteiger partial charge in [-0.2, -0.15) is 0 Å². The van der Waals surface area contributed by atoms with Gasteiger partial charge in [0.05, 0.1) is 15.6 Å². The van der Waals surface area contributed by atoms with Crippen LogP contribution in [0.5, 0.6) is 0 Å². The highest BCUT2D eigenvalue weighted by Gasteiger charge is 2.37. The van der Waals surface area contributed by atoms with E-state index < -0.39 is 28.1 Å². The summed E-state index contributed by atoms with van der Waals surface area (Å²) < 4.78 is 48.9. The van der Waals surface area contributed by atoms with Crippen LogP contribution in [0.15, 0.2) is 29.6 Å². The fourth-order valence-corrected chi connectivity index (χ4v) is 7.36. The third kappa shape index (κ3) is 4.20.